The van der Waals surface area contributed by atoms with Gasteiger partial charge in [-0.25, -0.2) is 4.98 Å². The largest absolute Gasteiger partial charge is 0.417 e. The molecule has 0 amide bonds. The standard InChI is InChI=1S/C20H28F3N3O/c21-20(22,23)15-1-6-18(24-13-15)25-10-7-19(8-11-25)9-12-26(14-19)16-2-4-17(27)5-3-16/h1,6,13,16-17,27H,2-5,7-12,14H2/t16-,17-. The fourth-order valence-corrected chi connectivity index (χ4v) is 5.06. The third kappa shape index (κ3) is 4.09. The third-order valence-corrected chi connectivity index (χ3v) is 6.87. The van der Waals surface area contributed by atoms with Crippen LogP contribution in [0.2, 0.25) is 0 Å². The van der Waals surface area contributed by atoms with Crippen molar-refractivity contribution in [3.8, 4) is 0 Å². The lowest BCUT2D eigenvalue weighted by molar-refractivity contribution is -0.137. The van der Waals surface area contributed by atoms with E-state index < -0.39 is 11.7 Å². The maximum Gasteiger partial charge on any atom is 0.417 e. The molecule has 0 radical (unpaired) electrons. The summed E-state index contributed by atoms with van der Waals surface area (Å²) in [4.78, 5) is 8.79. The van der Waals surface area contributed by atoms with Crippen molar-refractivity contribution in [1.29, 1.82) is 0 Å². The molecule has 4 nitrogen and oxygen atoms in total. The lowest BCUT2D eigenvalue weighted by Gasteiger charge is -2.41. The summed E-state index contributed by atoms with van der Waals surface area (Å²) in [5, 5.41) is 9.72. The van der Waals surface area contributed by atoms with Gasteiger partial charge in [-0.3, -0.25) is 4.90 Å². The van der Waals surface area contributed by atoms with Crippen molar-refractivity contribution >= 4 is 5.82 Å². The Balaban J connectivity index is 1.32. The van der Waals surface area contributed by atoms with Crippen molar-refractivity contribution in [2.24, 2.45) is 5.41 Å². The Morgan fingerprint density at radius 1 is 1.00 bits per heavy atom. The monoisotopic (exact) mass is 383 g/mol. The molecule has 2 aliphatic heterocycles. The van der Waals surface area contributed by atoms with Gasteiger partial charge >= 0.3 is 6.18 Å². The first-order valence-electron chi connectivity index (χ1n) is 10.1. The van der Waals surface area contributed by atoms with Gasteiger partial charge in [0.05, 0.1) is 11.7 Å². The first-order valence-corrected chi connectivity index (χ1v) is 10.1. The average Bonchev–Trinajstić information content (AvgIpc) is 3.06. The van der Waals surface area contributed by atoms with Crippen LogP contribution >= 0.6 is 0 Å². The maximum absolute atomic E-state index is 12.7. The van der Waals surface area contributed by atoms with E-state index in [-0.39, 0.29) is 6.10 Å². The van der Waals surface area contributed by atoms with Crippen LogP contribution in [0.4, 0.5) is 19.0 Å². The van der Waals surface area contributed by atoms with Gasteiger partial charge in [-0.15, -0.1) is 0 Å². The molecule has 150 valence electrons. The number of hydrogen-bond acceptors (Lipinski definition) is 4. The number of hydrogen-bond donors (Lipinski definition) is 1. The van der Waals surface area contributed by atoms with E-state index in [1.807, 2.05) is 0 Å². The second-order valence-electron chi connectivity index (χ2n) is 8.57. The maximum atomic E-state index is 12.7. The zero-order valence-corrected chi connectivity index (χ0v) is 15.6. The molecule has 0 atom stereocenters. The summed E-state index contributed by atoms with van der Waals surface area (Å²) in [6, 6.07) is 3.23. The van der Waals surface area contributed by atoms with E-state index in [1.54, 1.807) is 0 Å². The molecule has 0 bridgehead atoms. The van der Waals surface area contributed by atoms with Crippen LogP contribution in [-0.2, 0) is 6.18 Å². The summed E-state index contributed by atoms with van der Waals surface area (Å²) in [6.07, 6.45) is 3.87. The smallest absolute Gasteiger partial charge is 0.393 e. The minimum Gasteiger partial charge on any atom is -0.393 e. The summed E-state index contributed by atoms with van der Waals surface area (Å²) >= 11 is 0. The molecule has 0 aromatic carbocycles. The third-order valence-electron chi connectivity index (χ3n) is 6.87. The second kappa shape index (κ2) is 7.24. The number of likely N-dealkylation sites (tertiary alicyclic amines) is 1. The van der Waals surface area contributed by atoms with Crippen molar-refractivity contribution in [1.82, 2.24) is 9.88 Å². The lowest BCUT2D eigenvalue weighted by Crippen LogP contribution is -2.44. The summed E-state index contributed by atoms with van der Waals surface area (Å²) in [5.41, 5.74) is -0.345. The highest BCUT2D eigenvalue weighted by Gasteiger charge is 2.43. The zero-order chi connectivity index (χ0) is 19.1. The van der Waals surface area contributed by atoms with E-state index >= 15 is 0 Å². The van der Waals surface area contributed by atoms with E-state index in [0.29, 0.717) is 17.3 Å². The number of alkyl halides is 3. The van der Waals surface area contributed by atoms with Gasteiger partial charge in [0, 0.05) is 31.9 Å². The molecule has 2 saturated heterocycles. The van der Waals surface area contributed by atoms with Gasteiger partial charge in [0.1, 0.15) is 5.82 Å². The minimum absolute atomic E-state index is 0.114. The molecule has 1 aliphatic carbocycles. The van der Waals surface area contributed by atoms with Crippen LogP contribution in [0.3, 0.4) is 0 Å². The number of halogens is 3. The molecule has 0 unspecified atom stereocenters. The summed E-state index contributed by atoms with van der Waals surface area (Å²) in [5.74, 6) is 0.647. The van der Waals surface area contributed by atoms with Crippen molar-refractivity contribution in [2.45, 2.75) is 63.3 Å². The van der Waals surface area contributed by atoms with Gasteiger partial charge in [0.25, 0.3) is 0 Å². The fourth-order valence-electron chi connectivity index (χ4n) is 5.06. The Morgan fingerprint density at radius 2 is 1.67 bits per heavy atom. The molecule has 7 heteroatoms. The molecule has 1 N–H and O–H groups in total. The number of pyridine rings is 1. The number of rotatable bonds is 2. The highest BCUT2D eigenvalue weighted by Crippen LogP contribution is 2.43. The number of aliphatic hydroxyl groups excluding tert-OH is 1. The predicted molar refractivity (Wildman–Crippen MR) is 97.6 cm³/mol. The molecule has 1 aromatic rings. The minimum atomic E-state index is -4.33. The molecule has 4 rings (SSSR count). The van der Waals surface area contributed by atoms with E-state index in [9.17, 15) is 18.3 Å². The molecule has 3 fully saturated rings. The van der Waals surface area contributed by atoms with Crippen LogP contribution in [0.25, 0.3) is 0 Å². The van der Waals surface area contributed by atoms with Gasteiger partial charge in [-0.05, 0) is 69.0 Å². The number of aromatic nitrogens is 1. The van der Waals surface area contributed by atoms with Gasteiger partial charge in [0.2, 0.25) is 0 Å². The molecule has 3 aliphatic rings. The van der Waals surface area contributed by atoms with Crippen LogP contribution in [0.15, 0.2) is 18.3 Å². The number of aliphatic hydroxyl groups is 1. The van der Waals surface area contributed by atoms with Crippen LogP contribution in [-0.4, -0.2) is 53.3 Å². The van der Waals surface area contributed by atoms with Crippen LogP contribution in [0, 0.1) is 5.41 Å². The molecule has 1 spiro atoms. The first-order chi connectivity index (χ1) is 12.8. The van der Waals surface area contributed by atoms with Gasteiger partial charge in [0.15, 0.2) is 0 Å². The highest BCUT2D eigenvalue weighted by atomic mass is 19.4. The molecule has 1 saturated carbocycles. The fraction of sp³-hybridized carbons (Fsp3) is 0.750. The Hall–Kier alpha value is -1.34. The van der Waals surface area contributed by atoms with Crippen molar-refractivity contribution < 1.29 is 18.3 Å². The summed E-state index contributed by atoms with van der Waals surface area (Å²) in [6.45, 7) is 3.98. The lowest BCUT2D eigenvalue weighted by atomic mass is 9.77. The van der Waals surface area contributed by atoms with E-state index in [0.717, 1.165) is 77.0 Å². The first kappa shape index (κ1) is 19.0. The molecule has 1 aromatic heterocycles. The second-order valence-corrected chi connectivity index (χ2v) is 8.57. The Bertz CT molecular complexity index is 633. The van der Waals surface area contributed by atoms with Crippen LogP contribution < -0.4 is 4.90 Å². The summed E-state index contributed by atoms with van der Waals surface area (Å²) in [7, 11) is 0. The molecular weight excluding hydrogens is 355 g/mol. The quantitative estimate of drug-likeness (QED) is 0.845. The number of anilines is 1. The van der Waals surface area contributed by atoms with Gasteiger partial charge < -0.3 is 10.0 Å². The Morgan fingerprint density at radius 3 is 2.26 bits per heavy atom. The number of nitrogens with zero attached hydrogens (tertiary/aromatic N) is 3. The zero-order valence-electron chi connectivity index (χ0n) is 15.6. The topological polar surface area (TPSA) is 39.6 Å². The molecule has 27 heavy (non-hydrogen) atoms. The van der Waals surface area contributed by atoms with Gasteiger partial charge in [-0.1, -0.05) is 0 Å². The van der Waals surface area contributed by atoms with Crippen LogP contribution in [0.5, 0.6) is 0 Å². The number of piperidine rings is 1. The van der Waals surface area contributed by atoms with Crippen molar-refractivity contribution in [3.63, 3.8) is 0 Å². The van der Waals surface area contributed by atoms with Crippen molar-refractivity contribution in [2.75, 3.05) is 31.1 Å². The van der Waals surface area contributed by atoms with Crippen molar-refractivity contribution in [3.05, 3.63) is 23.9 Å². The van der Waals surface area contributed by atoms with Gasteiger partial charge in [-0.2, -0.15) is 13.2 Å². The van der Waals surface area contributed by atoms with Crippen LogP contribution in [0.1, 0.15) is 50.5 Å². The van der Waals surface area contributed by atoms with E-state index in [1.165, 1.54) is 12.5 Å². The SMILES string of the molecule is O[C@H]1CC[C@H](N2CCC3(CCN(c4ccc(C(F)(F)F)cn4)CC3)C2)CC1. The molecular formula is C20H28F3N3O. The molecule has 3 heterocycles. The summed E-state index contributed by atoms with van der Waals surface area (Å²) < 4.78 is 38.1. The average molecular weight is 383 g/mol. The normalized spacial score (nSPS) is 29.4. The van der Waals surface area contributed by atoms with E-state index in [4.69, 9.17) is 0 Å². The predicted octanol–water partition coefficient (Wildman–Crippen LogP) is 3.70. The Kier molecular flexibility index (Phi) is 5.10. The highest BCUT2D eigenvalue weighted by molar-refractivity contribution is 5.40. The van der Waals surface area contributed by atoms with E-state index in [2.05, 4.69) is 14.8 Å². The Labute approximate surface area is 158 Å².